The van der Waals surface area contributed by atoms with Gasteiger partial charge in [-0.3, -0.25) is 9.99 Å². The Morgan fingerprint density at radius 3 is 2.35 bits per heavy atom. The van der Waals surface area contributed by atoms with E-state index in [0.29, 0.717) is 31.1 Å². The number of benzene rings is 1. The van der Waals surface area contributed by atoms with Gasteiger partial charge in [-0.15, -0.1) is 0 Å². The highest BCUT2D eigenvalue weighted by molar-refractivity contribution is 7.89. The first kappa shape index (κ1) is 21.6. The van der Waals surface area contributed by atoms with Crippen molar-refractivity contribution in [2.75, 3.05) is 51.3 Å². The zero-order chi connectivity index (χ0) is 21.7. The molecule has 3 heterocycles. The Morgan fingerprint density at radius 1 is 0.968 bits per heavy atom. The molecule has 2 fully saturated rings. The van der Waals surface area contributed by atoms with Crippen molar-refractivity contribution in [3.05, 3.63) is 48.3 Å². The van der Waals surface area contributed by atoms with Gasteiger partial charge in [-0.25, -0.2) is 8.42 Å². The summed E-state index contributed by atoms with van der Waals surface area (Å²) in [6.45, 7) is 4.02. The second-order valence-corrected chi connectivity index (χ2v) is 9.67. The van der Waals surface area contributed by atoms with Crippen LogP contribution in [0.3, 0.4) is 0 Å². The second-order valence-electron chi connectivity index (χ2n) is 7.77. The number of methoxy groups -OCH3 is 1. The summed E-state index contributed by atoms with van der Waals surface area (Å²) in [5, 5.41) is 6.60. The number of nitrogens with zero attached hydrogens (tertiary/aromatic N) is 5. The quantitative estimate of drug-likeness (QED) is 0.638. The Hall–Kier alpha value is -2.65. The van der Waals surface area contributed by atoms with Crippen LogP contribution in [-0.4, -0.2) is 75.3 Å². The van der Waals surface area contributed by atoms with Crippen LogP contribution in [0.5, 0.6) is 5.75 Å². The number of ether oxygens (including phenoxy) is 1. The molecule has 2 aliphatic heterocycles. The number of anilines is 1. The molecular weight excluding hydrogens is 414 g/mol. The number of hydrogen-bond donors (Lipinski definition) is 0. The van der Waals surface area contributed by atoms with E-state index in [9.17, 15) is 8.42 Å². The molecule has 2 saturated heterocycles. The van der Waals surface area contributed by atoms with E-state index in [4.69, 9.17) is 4.74 Å². The van der Waals surface area contributed by atoms with E-state index in [1.54, 1.807) is 17.6 Å². The van der Waals surface area contributed by atoms with Crippen molar-refractivity contribution < 1.29 is 13.2 Å². The van der Waals surface area contributed by atoms with Crippen molar-refractivity contribution >= 4 is 21.9 Å². The number of hydrogen-bond acceptors (Lipinski definition) is 7. The van der Waals surface area contributed by atoms with Crippen LogP contribution in [0.15, 0.2) is 52.7 Å². The highest BCUT2D eigenvalue weighted by Gasteiger charge is 2.30. The summed E-state index contributed by atoms with van der Waals surface area (Å²) in [6.07, 6.45) is 7.92. The predicted molar refractivity (Wildman–Crippen MR) is 121 cm³/mol. The molecule has 0 aliphatic carbocycles. The van der Waals surface area contributed by atoms with Crippen LogP contribution >= 0.6 is 0 Å². The SMILES string of the molecule is COc1ccc(/C=N\N2CCN(c3ccncc3S(=O)(=O)N3CCCCC3)CC2)cc1. The summed E-state index contributed by atoms with van der Waals surface area (Å²) >= 11 is 0. The van der Waals surface area contributed by atoms with E-state index in [2.05, 4.69) is 15.0 Å². The molecule has 8 nitrogen and oxygen atoms in total. The van der Waals surface area contributed by atoms with E-state index in [1.807, 2.05) is 41.6 Å². The molecule has 0 N–H and O–H groups in total. The van der Waals surface area contributed by atoms with Crippen LogP contribution in [0.4, 0.5) is 5.69 Å². The van der Waals surface area contributed by atoms with Gasteiger partial charge in [0.15, 0.2) is 0 Å². The third-order valence-corrected chi connectivity index (χ3v) is 7.69. The maximum absolute atomic E-state index is 13.2. The lowest BCUT2D eigenvalue weighted by atomic mass is 10.2. The van der Waals surface area contributed by atoms with Crippen molar-refractivity contribution in [3.8, 4) is 5.75 Å². The number of pyridine rings is 1. The highest BCUT2D eigenvalue weighted by Crippen LogP contribution is 2.29. The van der Waals surface area contributed by atoms with E-state index in [-0.39, 0.29) is 0 Å². The lowest BCUT2D eigenvalue weighted by molar-refractivity contribution is 0.271. The summed E-state index contributed by atoms with van der Waals surface area (Å²) in [6, 6.07) is 9.56. The molecule has 2 aliphatic rings. The average molecular weight is 444 g/mol. The number of piperidine rings is 1. The van der Waals surface area contributed by atoms with Crippen molar-refractivity contribution in [2.45, 2.75) is 24.2 Å². The molecule has 31 heavy (non-hydrogen) atoms. The normalized spacial score (nSPS) is 18.5. The Balaban J connectivity index is 1.42. The molecule has 166 valence electrons. The van der Waals surface area contributed by atoms with Gasteiger partial charge in [-0.1, -0.05) is 6.42 Å². The first-order valence-electron chi connectivity index (χ1n) is 10.7. The smallest absolute Gasteiger partial charge is 0.246 e. The molecule has 1 aromatic carbocycles. The minimum absolute atomic E-state index is 0.312. The number of aromatic nitrogens is 1. The van der Waals surface area contributed by atoms with Gasteiger partial charge in [0.25, 0.3) is 0 Å². The molecule has 0 saturated carbocycles. The van der Waals surface area contributed by atoms with Crippen LogP contribution < -0.4 is 9.64 Å². The zero-order valence-corrected chi connectivity index (χ0v) is 18.7. The standard InChI is InChI=1S/C22H29N5O3S/c1-30-20-7-5-19(6-8-20)17-24-26-15-13-25(14-16-26)21-9-10-23-18-22(21)31(28,29)27-11-3-2-4-12-27/h5-10,17-18H,2-4,11-16H2,1H3/b24-17-. The summed E-state index contributed by atoms with van der Waals surface area (Å²) < 4.78 is 33.3. The Kier molecular flexibility index (Phi) is 6.72. The van der Waals surface area contributed by atoms with Gasteiger partial charge in [0.1, 0.15) is 10.6 Å². The summed E-state index contributed by atoms with van der Waals surface area (Å²) in [5.74, 6) is 0.818. The van der Waals surface area contributed by atoms with Crippen molar-refractivity contribution in [2.24, 2.45) is 5.10 Å². The number of hydrazone groups is 1. The first-order chi connectivity index (χ1) is 15.1. The molecule has 0 spiro atoms. The molecule has 0 unspecified atom stereocenters. The van der Waals surface area contributed by atoms with Crippen molar-refractivity contribution in [1.29, 1.82) is 0 Å². The Bertz CT molecular complexity index is 996. The summed E-state index contributed by atoms with van der Waals surface area (Å²) in [5.41, 5.74) is 1.74. The molecule has 0 bridgehead atoms. The van der Waals surface area contributed by atoms with Crippen LogP contribution in [-0.2, 0) is 10.0 Å². The largest absolute Gasteiger partial charge is 0.497 e. The molecule has 0 radical (unpaired) electrons. The highest BCUT2D eigenvalue weighted by atomic mass is 32.2. The summed E-state index contributed by atoms with van der Waals surface area (Å²) in [4.78, 5) is 6.55. The Morgan fingerprint density at radius 2 is 1.68 bits per heavy atom. The molecule has 2 aromatic rings. The van der Waals surface area contributed by atoms with Crippen LogP contribution in [0, 0.1) is 0 Å². The van der Waals surface area contributed by atoms with Gasteiger partial charge in [0.2, 0.25) is 10.0 Å². The van der Waals surface area contributed by atoms with E-state index in [0.717, 1.165) is 49.4 Å². The molecule has 4 rings (SSSR count). The number of piperazine rings is 1. The maximum atomic E-state index is 13.2. The topological polar surface area (TPSA) is 78.3 Å². The van der Waals surface area contributed by atoms with Gasteiger partial charge in [0.05, 0.1) is 32.1 Å². The fraction of sp³-hybridized carbons (Fsp3) is 0.455. The van der Waals surface area contributed by atoms with E-state index < -0.39 is 10.0 Å². The van der Waals surface area contributed by atoms with E-state index in [1.165, 1.54) is 6.20 Å². The average Bonchev–Trinajstić information content (AvgIpc) is 2.84. The van der Waals surface area contributed by atoms with Crippen LogP contribution in [0.1, 0.15) is 24.8 Å². The third kappa shape index (κ3) is 4.99. The van der Waals surface area contributed by atoms with Gasteiger partial charge >= 0.3 is 0 Å². The maximum Gasteiger partial charge on any atom is 0.246 e. The first-order valence-corrected chi connectivity index (χ1v) is 12.1. The fourth-order valence-corrected chi connectivity index (χ4v) is 5.64. The Labute approximate surface area is 184 Å². The van der Waals surface area contributed by atoms with E-state index >= 15 is 0 Å². The van der Waals surface area contributed by atoms with Crippen LogP contribution in [0.25, 0.3) is 0 Å². The van der Waals surface area contributed by atoms with Crippen LogP contribution in [0.2, 0.25) is 0 Å². The molecule has 0 atom stereocenters. The van der Waals surface area contributed by atoms with Gasteiger partial charge in [-0.05, 0) is 48.7 Å². The minimum Gasteiger partial charge on any atom is -0.497 e. The number of rotatable bonds is 6. The predicted octanol–water partition coefficient (Wildman–Crippen LogP) is 2.42. The molecule has 9 heteroatoms. The van der Waals surface area contributed by atoms with Gasteiger partial charge in [-0.2, -0.15) is 9.41 Å². The lowest BCUT2D eigenvalue weighted by Crippen LogP contribution is -2.45. The van der Waals surface area contributed by atoms with Gasteiger partial charge in [0, 0.05) is 38.6 Å². The molecule has 1 aromatic heterocycles. The zero-order valence-electron chi connectivity index (χ0n) is 17.9. The fourth-order valence-electron chi connectivity index (χ4n) is 3.97. The lowest BCUT2D eigenvalue weighted by Gasteiger charge is -2.36. The molecule has 0 amide bonds. The van der Waals surface area contributed by atoms with Crippen molar-refractivity contribution in [1.82, 2.24) is 14.3 Å². The molecular formula is C22H29N5O3S. The van der Waals surface area contributed by atoms with Gasteiger partial charge < -0.3 is 9.64 Å². The number of sulfonamides is 1. The minimum atomic E-state index is -3.53. The summed E-state index contributed by atoms with van der Waals surface area (Å²) in [7, 11) is -1.88. The third-order valence-electron chi connectivity index (χ3n) is 5.78. The monoisotopic (exact) mass is 443 g/mol. The van der Waals surface area contributed by atoms with Crippen molar-refractivity contribution in [3.63, 3.8) is 0 Å². The second kappa shape index (κ2) is 9.65.